The zero-order valence-corrected chi connectivity index (χ0v) is 10.4. The Kier molecular flexibility index (Phi) is 1.91. The summed E-state index contributed by atoms with van der Waals surface area (Å²) in [6, 6.07) is 18.4. The van der Waals surface area contributed by atoms with Crippen molar-refractivity contribution >= 4 is 42.3 Å². The van der Waals surface area contributed by atoms with Gasteiger partial charge in [0, 0.05) is 20.2 Å². The molecule has 0 atom stereocenters. The smallest absolute Gasteiger partial charge is 0.117 e. The highest BCUT2D eigenvalue weighted by Crippen LogP contribution is 2.39. The first-order valence-electron chi connectivity index (χ1n) is 5.86. The summed E-state index contributed by atoms with van der Waals surface area (Å²) < 4.78 is 2.44. The summed E-state index contributed by atoms with van der Waals surface area (Å²) in [6.07, 6.45) is 0. The van der Waals surface area contributed by atoms with Gasteiger partial charge in [-0.25, -0.2) is 0 Å². The second kappa shape index (κ2) is 3.47. The third kappa shape index (κ3) is 1.27. The molecule has 0 aliphatic heterocycles. The molecule has 0 radical (unpaired) electrons. The Hall–Kier alpha value is -2.06. The van der Waals surface area contributed by atoms with Gasteiger partial charge in [0.2, 0.25) is 0 Å². The number of fused-ring (bicyclic) bond motifs is 5. The van der Waals surface area contributed by atoms with E-state index in [4.69, 9.17) is 0 Å². The Morgan fingerprint density at radius 2 is 1.61 bits per heavy atom. The lowest BCUT2D eigenvalue weighted by atomic mass is 10.1. The van der Waals surface area contributed by atoms with Crippen molar-refractivity contribution in [3.63, 3.8) is 0 Å². The maximum Gasteiger partial charge on any atom is 0.117 e. The van der Waals surface area contributed by atoms with Crippen molar-refractivity contribution in [1.82, 2.24) is 0 Å². The number of aromatic hydroxyl groups is 1. The molecule has 1 N–H and O–H groups in total. The summed E-state index contributed by atoms with van der Waals surface area (Å²) in [5, 5.41) is 14.6. The first kappa shape index (κ1) is 9.92. The van der Waals surface area contributed by atoms with Gasteiger partial charge in [0.1, 0.15) is 5.75 Å². The Morgan fingerprint density at radius 3 is 2.56 bits per heavy atom. The van der Waals surface area contributed by atoms with E-state index in [9.17, 15) is 5.11 Å². The van der Waals surface area contributed by atoms with Gasteiger partial charge in [0.05, 0.1) is 0 Å². The number of rotatable bonds is 0. The van der Waals surface area contributed by atoms with Crippen LogP contribution in [0.15, 0.2) is 54.6 Å². The minimum absolute atomic E-state index is 0.332. The predicted molar refractivity (Wildman–Crippen MR) is 78.5 cm³/mol. The van der Waals surface area contributed by atoms with E-state index in [1.54, 1.807) is 17.4 Å². The zero-order chi connectivity index (χ0) is 12.1. The molecule has 0 spiro atoms. The highest BCUT2D eigenvalue weighted by molar-refractivity contribution is 7.26. The summed E-state index contributed by atoms with van der Waals surface area (Å²) in [7, 11) is 0. The van der Waals surface area contributed by atoms with Crippen LogP contribution < -0.4 is 0 Å². The van der Waals surface area contributed by atoms with Gasteiger partial charge in [-0.1, -0.05) is 36.4 Å². The number of thiophene rings is 1. The van der Waals surface area contributed by atoms with Crippen molar-refractivity contribution in [2.45, 2.75) is 0 Å². The van der Waals surface area contributed by atoms with E-state index in [0.29, 0.717) is 5.75 Å². The Balaban J connectivity index is 2.29. The Labute approximate surface area is 108 Å². The zero-order valence-electron chi connectivity index (χ0n) is 9.55. The fraction of sp³-hybridized carbons (Fsp3) is 0. The van der Waals surface area contributed by atoms with Gasteiger partial charge in [0.25, 0.3) is 0 Å². The molecule has 0 fully saturated rings. The maximum atomic E-state index is 9.58. The van der Waals surface area contributed by atoms with Crippen LogP contribution in [0.2, 0.25) is 0 Å². The topological polar surface area (TPSA) is 20.2 Å². The summed E-state index contributed by atoms with van der Waals surface area (Å²) >= 11 is 1.75. The number of phenols is 1. The fourth-order valence-corrected chi connectivity index (χ4v) is 3.76. The molecule has 0 amide bonds. The van der Waals surface area contributed by atoms with E-state index in [1.165, 1.54) is 26.2 Å². The van der Waals surface area contributed by atoms with E-state index >= 15 is 0 Å². The quantitative estimate of drug-likeness (QED) is 0.470. The third-order valence-electron chi connectivity index (χ3n) is 3.35. The van der Waals surface area contributed by atoms with E-state index in [-0.39, 0.29) is 0 Å². The molecule has 0 saturated heterocycles. The average molecular weight is 250 g/mol. The Morgan fingerprint density at radius 1 is 0.778 bits per heavy atom. The van der Waals surface area contributed by atoms with Crippen molar-refractivity contribution in [2.24, 2.45) is 0 Å². The molecule has 1 aromatic heterocycles. The van der Waals surface area contributed by atoms with Crippen molar-refractivity contribution in [1.29, 1.82) is 0 Å². The van der Waals surface area contributed by atoms with Crippen LogP contribution in [0.1, 0.15) is 0 Å². The molecule has 0 saturated carbocycles. The molecule has 18 heavy (non-hydrogen) atoms. The van der Waals surface area contributed by atoms with Gasteiger partial charge in [-0.2, -0.15) is 0 Å². The molecule has 86 valence electrons. The van der Waals surface area contributed by atoms with Crippen LogP contribution in [-0.4, -0.2) is 5.11 Å². The van der Waals surface area contributed by atoms with E-state index < -0.39 is 0 Å². The van der Waals surface area contributed by atoms with Crippen LogP contribution in [-0.2, 0) is 0 Å². The van der Waals surface area contributed by atoms with Crippen LogP contribution >= 0.6 is 11.3 Å². The lowest BCUT2D eigenvalue weighted by molar-refractivity contribution is 0.476. The normalized spacial score (nSPS) is 11.6. The maximum absolute atomic E-state index is 9.58. The number of hydrogen-bond donors (Lipinski definition) is 1. The molecule has 1 nitrogen and oxygen atoms in total. The van der Waals surface area contributed by atoms with Crippen LogP contribution in [0.4, 0.5) is 0 Å². The molecule has 2 heteroatoms. The molecule has 0 aliphatic carbocycles. The molecule has 1 heterocycles. The van der Waals surface area contributed by atoms with Gasteiger partial charge in [-0.15, -0.1) is 11.3 Å². The summed E-state index contributed by atoms with van der Waals surface area (Å²) in [5.41, 5.74) is 0. The Bertz CT molecular complexity index is 889. The average Bonchev–Trinajstić information content (AvgIpc) is 2.76. The number of hydrogen-bond acceptors (Lipinski definition) is 2. The second-order valence-electron chi connectivity index (χ2n) is 4.45. The standard InChI is InChI=1S/C16H10OS/c17-11-6-8-13-14-7-5-10-3-1-2-4-12(10)16(14)18-15(13)9-11/h1-9,17H. The summed E-state index contributed by atoms with van der Waals surface area (Å²) in [6.45, 7) is 0. The van der Waals surface area contributed by atoms with E-state index in [2.05, 4.69) is 36.4 Å². The van der Waals surface area contributed by atoms with Gasteiger partial charge in [-0.3, -0.25) is 0 Å². The monoisotopic (exact) mass is 250 g/mol. The first-order chi connectivity index (χ1) is 8.83. The van der Waals surface area contributed by atoms with Crippen LogP contribution in [0.3, 0.4) is 0 Å². The van der Waals surface area contributed by atoms with Gasteiger partial charge < -0.3 is 5.11 Å². The summed E-state index contributed by atoms with van der Waals surface area (Å²) in [4.78, 5) is 0. The first-order valence-corrected chi connectivity index (χ1v) is 6.67. The van der Waals surface area contributed by atoms with Crippen LogP contribution in [0.5, 0.6) is 5.75 Å². The van der Waals surface area contributed by atoms with Crippen LogP contribution in [0, 0.1) is 0 Å². The summed E-state index contributed by atoms with van der Waals surface area (Å²) in [5.74, 6) is 0.332. The third-order valence-corrected chi connectivity index (χ3v) is 4.55. The second-order valence-corrected chi connectivity index (χ2v) is 5.50. The molecule has 4 rings (SSSR count). The molecular formula is C16H10OS. The SMILES string of the molecule is Oc1ccc2c(c1)sc1c3ccccc3ccc21. The highest BCUT2D eigenvalue weighted by atomic mass is 32.1. The predicted octanol–water partition coefficient (Wildman–Crippen LogP) is 4.91. The van der Waals surface area contributed by atoms with E-state index in [0.717, 1.165) is 4.70 Å². The highest BCUT2D eigenvalue weighted by Gasteiger charge is 2.08. The number of phenolic OH excluding ortho intramolecular Hbond substituents is 1. The fourth-order valence-electron chi connectivity index (χ4n) is 2.49. The molecule has 0 bridgehead atoms. The number of benzene rings is 3. The van der Waals surface area contributed by atoms with Gasteiger partial charge in [-0.05, 0) is 29.0 Å². The molecule has 4 aromatic rings. The van der Waals surface area contributed by atoms with Crippen molar-refractivity contribution in [3.8, 4) is 5.75 Å². The molecule has 0 aliphatic rings. The van der Waals surface area contributed by atoms with Gasteiger partial charge in [0.15, 0.2) is 0 Å². The minimum atomic E-state index is 0.332. The van der Waals surface area contributed by atoms with E-state index in [1.807, 2.05) is 12.1 Å². The van der Waals surface area contributed by atoms with Crippen molar-refractivity contribution in [2.75, 3.05) is 0 Å². The van der Waals surface area contributed by atoms with Crippen molar-refractivity contribution < 1.29 is 5.11 Å². The largest absolute Gasteiger partial charge is 0.508 e. The lowest BCUT2D eigenvalue weighted by Crippen LogP contribution is -1.71. The lowest BCUT2D eigenvalue weighted by Gasteiger charge is -1.98. The van der Waals surface area contributed by atoms with Crippen molar-refractivity contribution in [3.05, 3.63) is 54.6 Å². The molecule has 3 aromatic carbocycles. The van der Waals surface area contributed by atoms with Crippen LogP contribution in [0.25, 0.3) is 30.9 Å². The molecular weight excluding hydrogens is 240 g/mol. The minimum Gasteiger partial charge on any atom is -0.508 e. The molecule has 0 unspecified atom stereocenters. The van der Waals surface area contributed by atoms with Gasteiger partial charge >= 0.3 is 0 Å².